The van der Waals surface area contributed by atoms with Gasteiger partial charge in [-0.2, -0.15) is 0 Å². The first-order valence-corrected chi connectivity index (χ1v) is 10.6. The van der Waals surface area contributed by atoms with E-state index >= 15 is 0 Å². The molecule has 0 fully saturated rings. The number of amides is 1. The number of anilines is 1. The van der Waals surface area contributed by atoms with Crippen molar-refractivity contribution < 1.29 is 19.5 Å². The molecule has 1 aliphatic heterocycles. The van der Waals surface area contributed by atoms with Crippen LogP contribution in [0.15, 0.2) is 70.0 Å². The number of carbonyl (C=O) groups is 2. The van der Waals surface area contributed by atoms with Crippen LogP contribution in [0.25, 0.3) is 5.70 Å². The van der Waals surface area contributed by atoms with Crippen LogP contribution in [-0.4, -0.2) is 40.1 Å². The summed E-state index contributed by atoms with van der Waals surface area (Å²) in [4.78, 5) is 41.8. The molecule has 0 radical (unpaired) electrons. The van der Waals surface area contributed by atoms with Gasteiger partial charge in [0.2, 0.25) is 5.91 Å². The second-order valence-corrected chi connectivity index (χ2v) is 7.78. The number of carbonyl (C=O) groups excluding carboxylic acids is 2. The van der Waals surface area contributed by atoms with Crippen molar-refractivity contribution in [2.45, 2.75) is 32.9 Å². The second-order valence-electron chi connectivity index (χ2n) is 7.78. The zero-order chi connectivity index (χ0) is 24.8. The Hall–Kier alpha value is -4.18. The lowest BCUT2D eigenvalue weighted by Crippen LogP contribution is -2.36. The second kappa shape index (κ2) is 10.6. The molecule has 2 heterocycles. The molecule has 5 N–H and O–H groups in total. The monoisotopic (exact) mass is 465 g/mol. The van der Waals surface area contributed by atoms with E-state index in [-0.39, 0.29) is 36.8 Å². The van der Waals surface area contributed by atoms with Gasteiger partial charge in [-0.1, -0.05) is 36.9 Å². The van der Waals surface area contributed by atoms with Crippen LogP contribution in [0, 0.1) is 6.92 Å². The van der Waals surface area contributed by atoms with E-state index in [9.17, 15) is 14.4 Å². The van der Waals surface area contributed by atoms with E-state index in [0.29, 0.717) is 16.8 Å². The number of hydrogen-bond acceptors (Lipinski definition) is 8. The van der Waals surface area contributed by atoms with Crippen LogP contribution < -0.4 is 22.1 Å². The van der Waals surface area contributed by atoms with Gasteiger partial charge in [0.1, 0.15) is 24.7 Å². The van der Waals surface area contributed by atoms with E-state index in [1.54, 1.807) is 31.5 Å². The summed E-state index contributed by atoms with van der Waals surface area (Å²) in [5, 5.41) is 11.8. The summed E-state index contributed by atoms with van der Waals surface area (Å²) in [5.41, 5.74) is 9.88. The number of aromatic nitrogens is 1. The molecule has 0 bridgehead atoms. The fraction of sp³-hybridized carbons (Fsp3) is 0.250. The van der Waals surface area contributed by atoms with Crippen molar-refractivity contribution in [2.24, 2.45) is 10.7 Å². The summed E-state index contributed by atoms with van der Waals surface area (Å²) in [6.45, 7) is 7.34. The van der Waals surface area contributed by atoms with Crippen molar-refractivity contribution in [2.75, 3.05) is 11.9 Å². The van der Waals surface area contributed by atoms with Crippen LogP contribution in [0.3, 0.4) is 0 Å². The summed E-state index contributed by atoms with van der Waals surface area (Å²) >= 11 is 0. The molecule has 0 saturated carbocycles. The van der Waals surface area contributed by atoms with Gasteiger partial charge in [-0.15, -0.1) is 0 Å². The molecule has 2 aromatic rings. The van der Waals surface area contributed by atoms with Crippen molar-refractivity contribution in [1.82, 2.24) is 10.0 Å². The van der Waals surface area contributed by atoms with Gasteiger partial charge in [-0.05, 0) is 42.7 Å². The number of esters is 1. The molecule has 0 spiro atoms. The zero-order valence-electron chi connectivity index (χ0n) is 19.0. The minimum absolute atomic E-state index is 0.0604. The molecule has 10 nitrogen and oxygen atoms in total. The van der Waals surface area contributed by atoms with Crippen molar-refractivity contribution in [3.8, 4) is 0 Å². The highest BCUT2D eigenvalue weighted by Crippen LogP contribution is 2.29. The van der Waals surface area contributed by atoms with Crippen LogP contribution >= 0.6 is 0 Å². The number of benzene rings is 1. The number of rotatable bonds is 8. The lowest BCUT2D eigenvalue weighted by Gasteiger charge is -2.27. The molecule has 178 valence electrons. The Morgan fingerprint density at radius 3 is 2.62 bits per heavy atom. The number of nitrogens with two attached hydrogens (primary N) is 1. The van der Waals surface area contributed by atoms with Gasteiger partial charge in [0.25, 0.3) is 5.56 Å². The number of nitrogens with one attached hydrogen (secondary N) is 2. The normalized spacial score (nSPS) is 15.6. The van der Waals surface area contributed by atoms with E-state index in [2.05, 4.69) is 16.9 Å². The number of aliphatic imine (C=N–C) groups is 1. The van der Waals surface area contributed by atoms with Gasteiger partial charge in [-0.25, -0.2) is 5.48 Å². The number of aryl methyl sites for hydroxylation is 1. The van der Waals surface area contributed by atoms with Crippen LogP contribution in [0.2, 0.25) is 0 Å². The maximum absolute atomic E-state index is 13.3. The Balaban J connectivity index is 1.88. The number of hydroxylamine groups is 1. The smallest absolute Gasteiger partial charge is 0.325 e. The van der Waals surface area contributed by atoms with Crippen molar-refractivity contribution in [3.05, 3.63) is 81.8 Å². The molecule has 3 rings (SSSR count). The van der Waals surface area contributed by atoms with Crippen LogP contribution in [0.4, 0.5) is 5.69 Å². The topological polar surface area (TPSA) is 148 Å². The van der Waals surface area contributed by atoms with Gasteiger partial charge >= 0.3 is 5.97 Å². The van der Waals surface area contributed by atoms with Gasteiger partial charge in [-0.3, -0.25) is 29.2 Å². The molecule has 1 atom stereocenters. The minimum atomic E-state index is -0.684. The van der Waals surface area contributed by atoms with Crippen molar-refractivity contribution in [3.63, 3.8) is 0 Å². The lowest BCUT2D eigenvalue weighted by molar-refractivity contribution is -0.142. The van der Waals surface area contributed by atoms with Gasteiger partial charge < -0.3 is 15.8 Å². The SMILES string of the molecule is C=C1C(CC(=O)NO)=C(n2c(C)ccc(NCC(=O)OCc3ccccc3)c2=O)C(N)=NC1C. The summed E-state index contributed by atoms with van der Waals surface area (Å²) < 4.78 is 6.55. The molecule has 1 aliphatic rings. The van der Waals surface area contributed by atoms with E-state index in [1.807, 2.05) is 30.3 Å². The standard InChI is InChI=1S/C24H27N5O5/c1-14-9-10-19(26-12-21(31)34-13-17-7-5-4-6-8-17)24(32)29(14)22-18(11-20(30)28-33)15(2)16(3)27-23(22)25/h4-10,16,26,33H,2,11-13H2,1,3H3,(H2,25,27)(H,28,30). The predicted octanol–water partition coefficient (Wildman–Crippen LogP) is 1.73. The first-order valence-electron chi connectivity index (χ1n) is 10.6. The highest BCUT2D eigenvalue weighted by molar-refractivity contribution is 6.19. The van der Waals surface area contributed by atoms with Crippen molar-refractivity contribution in [1.29, 1.82) is 0 Å². The van der Waals surface area contributed by atoms with E-state index in [0.717, 1.165) is 5.56 Å². The average Bonchev–Trinajstić information content (AvgIpc) is 2.82. The molecule has 1 amide bonds. The highest BCUT2D eigenvalue weighted by atomic mass is 16.5. The molecule has 1 unspecified atom stereocenters. The maximum atomic E-state index is 13.3. The zero-order valence-corrected chi connectivity index (χ0v) is 19.0. The third-order valence-corrected chi connectivity index (χ3v) is 5.38. The Labute approximate surface area is 196 Å². The van der Waals surface area contributed by atoms with E-state index in [1.165, 1.54) is 4.57 Å². The molecule has 10 heteroatoms. The fourth-order valence-corrected chi connectivity index (χ4v) is 3.55. The number of dihydropyridines is 1. The van der Waals surface area contributed by atoms with Gasteiger partial charge in [0, 0.05) is 5.69 Å². The van der Waals surface area contributed by atoms with Crippen LogP contribution in [0.5, 0.6) is 0 Å². The Bertz CT molecular complexity index is 1230. The summed E-state index contributed by atoms with van der Waals surface area (Å²) in [7, 11) is 0. The number of ether oxygens (including phenoxy) is 1. The number of amidine groups is 1. The Morgan fingerprint density at radius 2 is 1.94 bits per heavy atom. The van der Waals surface area contributed by atoms with E-state index < -0.39 is 23.5 Å². The largest absolute Gasteiger partial charge is 0.460 e. The molecule has 1 aromatic carbocycles. The number of nitrogens with zero attached hydrogens (tertiary/aromatic N) is 2. The number of hydrogen-bond donors (Lipinski definition) is 4. The quantitative estimate of drug-likeness (QED) is 0.264. The molecule has 0 aliphatic carbocycles. The summed E-state index contributed by atoms with van der Waals surface area (Å²) in [6, 6.07) is 12.1. The molecule has 0 saturated heterocycles. The Kier molecular flexibility index (Phi) is 7.64. The Morgan fingerprint density at radius 1 is 1.24 bits per heavy atom. The van der Waals surface area contributed by atoms with Gasteiger partial charge in [0.05, 0.1) is 18.2 Å². The lowest BCUT2D eigenvalue weighted by atomic mass is 9.93. The molecular formula is C24H27N5O5. The molecule has 34 heavy (non-hydrogen) atoms. The first-order chi connectivity index (χ1) is 16.2. The van der Waals surface area contributed by atoms with Crippen LogP contribution in [0.1, 0.15) is 24.6 Å². The van der Waals surface area contributed by atoms with Crippen molar-refractivity contribution >= 4 is 29.1 Å². The molecule has 1 aromatic heterocycles. The summed E-state index contributed by atoms with van der Waals surface area (Å²) in [5.74, 6) is -1.15. The molecular weight excluding hydrogens is 438 g/mol. The fourth-order valence-electron chi connectivity index (χ4n) is 3.55. The number of pyridine rings is 1. The minimum Gasteiger partial charge on any atom is -0.460 e. The maximum Gasteiger partial charge on any atom is 0.325 e. The highest BCUT2D eigenvalue weighted by Gasteiger charge is 2.28. The third kappa shape index (κ3) is 5.41. The average molecular weight is 466 g/mol. The van der Waals surface area contributed by atoms with Crippen LogP contribution in [-0.2, 0) is 20.9 Å². The summed E-state index contributed by atoms with van der Waals surface area (Å²) in [6.07, 6.45) is -0.249. The third-order valence-electron chi connectivity index (χ3n) is 5.38. The van der Waals surface area contributed by atoms with Gasteiger partial charge in [0.15, 0.2) is 0 Å². The van der Waals surface area contributed by atoms with E-state index in [4.69, 9.17) is 15.7 Å². The predicted molar refractivity (Wildman–Crippen MR) is 128 cm³/mol. The first kappa shape index (κ1) is 24.5.